The average molecular weight is 635 g/mol. The zero-order valence-corrected chi connectivity index (χ0v) is 22.9. The lowest BCUT2D eigenvalue weighted by molar-refractivity contribution is -0.122. The Morgan fingerprint density at radius 3 is 2.33 bits per heavy atom. The number of benzene rings is 3. The molecule has 0 radical (unpaired) electrons. The molecule has 0 heterocycles. The van der Waals surface area contributed by atoms with E-state index in [1.165, 1.54) is 18.2 Å². The van der Waals surface area contributed by atoms with Gasteiger partial charge in [-0.2, -0.15) is 4.31 Å². The van der Waals surface area contributed by atoms with Gasteiger partial charge in [-0.05, 0) is 66.6 Å². The quantitative estimate of drug-likeness (QED) is 0.304. The lowest BCUT2D eigenvalue weighted by Gasteiger charge is -2.24. The van der Waals surface area contributed by atoms with E-state index in [2.05, 4.69) is 37.2 Å². The number of hydrogen-bond acceptors (Lipinski definition) is 3. The van der Waals surface area contributed by atoms with Crippen LogP contribution in [-0.2, 0) is 21.4 Å². The third-order valence-electron chi connectivity index (χ3n) is 4.86. The summed E-state index contributed by atoms with van der Waals surface area (Å²) in [6, 6.07) is 18.3. The second-order valence-electron chi connectivity index (χ2n) is 7.31. The molecule has 3 aromatic rings. The van der Waals surface area contributed by atoms with Crippen molar-refractivity contribution < 1.29 is 13.2 Å². The highest BCUT2D eigenvalue weighted by Crippen LogP contribution is 2.26. The molecule has 0 saturated carbocycles. The van der Waals surface area contributed by atoms with Crippen LogP contribution < -0.4 is 5.32 Å². The molecule has 0 fully saturated rings. The van der Waals surface area contributed by atoms with Gasteiger partial charge in [-0.3, -0.25) is 4.79 Å². The molecule has 3 rings (SSSR count). The Morgan fingerprint density at radius 1 is 1.00 bits per heavy atom. The van der Waals surface area contributed by atoms with Crippen LogP contribution in [0.1, 0.15) is 24.1 Å². The van der Waals surface area contributed by atoms with Gasteiger partial charge in [0.15, 0.2) is 0 Å². The van der Waals surface area contributed by atoms with Crippen LogP contribution in [0.2, 0.25) is 10.0 Å². The molecule has 33 heavy (non-hydrogen) atoms. The Kier molecular flexibility index (Phi) is 9.00. The molecule has 0 unspecified atom stereocenters. The Labute approximate surface area is 220 Å². The first-order valence-electron chi connectivity index (χ1n) is 9.81. The van der Waals surface area contributed by atoms with E-state index in [-0.39, 0.29) is 24.0 Å². The summed E-state index contributed by atoms with van der Waals surface area (Å²) in [7, 11) is -3.99. The number of carbonyl (C=O) groups excluding carboxylic acids is 1. The summed E-state index contributed by atoms with van der Waals surface area (Å²) >= 11 is 19.0. The molecule has 5 nitrogen and oxygen atoms in total. The molecule has 10 heteroatoms. The molecule has 0 aromatic heterocycles. The Bertz CT molecular complexity index is 1250. The van der Waals surface area contributed by atoms with Crippen LogP contribution >= 0.6 is 55.1 Å². The number of carbonyl (C=O) groups is 1. The van der Waals surface area contributed by atoms with Gasteiger partial charge in [-0.15, -0.1) is 0 Å². The van der Waals surface area contributed by atoms with Crippen LogP contribution in [0, 0.1) is 0 Å². The van der Waals surface area contributed by atoms with Gasteiger partial charge in [0.05, 0.1) is 17.5 Å². The fourth-order valence-electron chi connectivity index (χ4n) is 3.13. The van der Waals surface area contributed by atoms with Crippen LogP contribution in [0.3, 0.4) is 0 Å². The summed E-state index contributed by atoms with van der Waals surface area (Å²) in [5.74, 6) is -0.437. The molecular weight excluding hydrogens is 615 g/mol. The maximum absolute atomic E-state index is 13.4. The first-order chi connectivity index (χ1) is 15.6. The van der Waals surface area contributed by atoms with Gasteiger partial charge in [0.2, 0.25) is 15.9 Å². The molecule has 0 aliphatic rings. The molecule has 0 saturated heterocycles. The number of sulfonamides is 1. The normalized spacial score (nSPS) is 12.5. The lowest BCUT2D eigenvalue weighted by atomic mass is 10.1. The van der Waals surface area contributed by atoms with Crippen molar-refractivity contribution >= 4 is 71.0 Å². The van der Waals surface area contributed by atoms with Crippen molar-refractivity contribution in [1.82, 2.24) is 9.62 Å². The largest absolute Gasteiger partial charge is 0.348 e. The summed E-state index contributed by atoms with van der Waals surface area (Å²) in [6.07, 6.45) is 0. The molecule has 3 aromatic carbocycles. The Balaban J connectivity index is 1.87. The second-order valence-corrected chi connectivity index (χ2v) is 11.9. The predicted molar refractivity (Wildman–Crippen MR) is 139 cm³/mol. The van der Waals surface area contributed by atoms with Gasteiger partial charge < -0.3 is 5.32 Å². The SMILES string of the molecule is C[C@@H](NC(=O)CN(Cc1ccc(Cl)cc1Cl)S(=O)(=O)c1ccc(Br)cc1)c1cccc(Br)c1. The van der Waals surface area contributed by atoms with Gasteiger partial charge in [0, 0.05) is 25.5 Å². The van der Waals surface area contributed by atoms with Crippen molar-refractivity contribution in [3.8, 4) is 0 Å². The number of amides is 1. The minimum atomic E-state index is -3.99. The van der Waals surface area contributed by atoms with Crippen molar-refractivity contribution in [2.45, 2.75) is 24.4 Å². The molecule has 1 N–H and O–H groups in total. The fraction of sp³-hybridized carbons (Fsp3) is 0.174. The molecule has 1 atom stereocenters. The summed E-state index contributed by atoms with van der Waals surface area (Å²) in [5, 5.41) is 3.63. The van der Waals surface area contributed by atoms with E-state index >= 15 is 0 Å². The summed E-state index contributed by atoms with van der Waals surface area (Å²) < 4.78 is 29.6. The van der Waals surface area contributed by atoms with Crippen molar-refractivity contribution in [2.24, 2.45) is 0 Å². The van der Waals surface area contributed by atoms with Crippen LogP contribution in [-0.4, -0.2) is 25.2 Å². The third-order valence-corrected chi connectivity index (χ3v) is 8.27. The summed E-state index contributed by atoms with van der Waals surface area (Å²) in [6.45, 7) is 1.37. The summed E-state index contributed by atoms with van der Waals surface area (Å²) in [4.78, 5) is 13.0. The Morgan fingerprint density at radius 2 is 1.70 bits per heavy atom. The highest BCUT2D eigenvalue weighted by molar-refractivity contribution is 9.10. The van der Waals surface area contributed by atoms with E-state index in [4.69, 9.17) is 23.2 Å². The molecule has 174 valence electrons. The van der Waals surface area contributed by atoms with E-state index in [1.54, 1.807) is 24.3 Å². The van der Waals surface area contributed by atoms with E-state index in [0.717, 1.165) is 18.8 Å². The smallest absolute Gasteiger partial charge is 0.243 e. The van der Waals surface area contributed by atoms with Gasteiger partial charge in [-0.25, -0.2) is 8.42 Å². The average Bonchev–Trinajstić information content (AvgIpc) is 2.75. The highest BCUT2D eigenvalue weighted by Gasteiger charge is 2.28. The van der Waals surface area contributed by atoms with Gasteiger partial charge in [0.25, 0.3) is 0 Å². The van der Waals surface area contributed by atoms with Crippen LogP contribution in [0.25, 0.3) is 0 Å². The zero-order chi connectivity index (χ0) is 24.2. The standard InChI is InChI=1S/C23H20Br2Cl2N2O3S/c1-15(16-3-2-4-19(25)11-16)28-23(30)14-29(13-17-5-8-20(26)12-22(17)27)33(31,32)21-9-6-18(24)7-10-21/h2-12,15H,13-14H2,1H3,(H,28,30)/t15-/m1/s1. The van der Waals surface area contributed by atoms with Crippen LogP contribution in [0.4, 0.5) is 0 Å². The van der Waals surface area contributed by atoms with E-state index in [0.29, 0.717) is 15.6 Å². The predicted octanol–water partition coefficient (Wildman–Crippen LogP) is 6.59. The molecule has 1 amide bonds. The second kappa shape index (κ2) is 11.3. The first kappa shape index (κ1) is 26.2. The lowest BCUT2D eigenvalue weighted by Crippen LogP contribution is -2.41. The molecule has 0 spiro atoms. The first-order valence-corrected chi connectivity index (χ1v) is 13.6. The minimum Gasteiger partial charge on any atom is -0.348 e. The van der Waals surface area contributed by atoms with Crippen molar-refractivity contribution in [2.75, 3.05) is 6.54 Å². The van der Waals surface area contributed by atoms with Gasteiger partial charge >= 0.3 is 0 Å². The monoisotopic (exact) mass is 632 g/mol. The highest BCUT2D eigenvalue weighted by atomic mass is 79.9. The zero-order valence-electron chi connectivity index (χ0n) is 17.4. The van der Waals surface area contributed by atoms with E-state index < -0.39 is 15.9 Å². The fourth-order valence-corrected chi connectivity index (χ4v) is 5.65. The van der Waals surface area contributed by atoms with Gasteiger partial charge in [0.1, 0.15) is 0 Å². The molecule has 0 aliphatic heterocycles. The number of nitrogens with one attached hydrogen (secondary N) is 1. The number of rotatable bonds is 8. The van der Waals surface area contributed by atoms with E-state index in [1.807, 2.05) is 31.2 Å². The van der Waals surface area contributed by atoms with E-state index in [9.17, 15) is 13.2 Å². The van der Waals surface area contributed by atoms with Crippen LogP contribution in [0.5, 0.6) is 0 Å². The van der Waals surface area contributed by atoms with Crippen molar-refractivity contribution in [3.63, 3.8) is 0 Å². The topological polar surface area (TPSA) is 66.5 Å². The van der Waals surface area contributed by atoms with Gasteiger partial charge in [-0.1, -0.05) is 73.3 Å². The number of nitrogens with zero attached hydrogens (tertiary/aromatic N) is 1. The van der Waals surface area contributed by atoms with Crippen molar-refractivity contribution in [1.29, 1.82) is 0 Å². The Hall–Kier alpha value is -1.42. The molecule has 0 bridgehead atoms. The molecular formula is C23H20Br2Cl2N2O3S. The molecule has 0 aliphatic carbocycles. The maximum Gasteiger partial charge on any atom is 0.243 e. The third kappa shape index (κ3) is 7.04. The number of hydrogen-bond donors (Lipinski definition) is 1. The van der Waals surface area contributed by atoms with Crippen LogP contribution in [0.15, 0.2) is 80.6 Å². The maximum atomic E-state index is 13.4. The minimum absolute atomic E-state index is 0.0728. The number of halogens is 4. The summed E-state index contributed by atoms with van der Waals surface area (Å²) in [5.41, 5.74) is 1.43. The van der Waals surface area contributed by atoms with Crippen molar-refractivity contribution in [3.05, 3.63) is 96.8 Å².